The summed E-state index contributed by atoms with van der Waals surface area (Å²) in [5, 5.41) is 9.10. The van der Waals surface area contributed by atoms with Crippen LogP contribution in [0.25, 0.3) is 0 Å². The number of amides is 1. The monoisotopic (exact) mass is 498 g/mol. The number of nitriles is 1. The lowest BCUT2D eigenvalue weighted by Gasteiger charge is -2.33. The van der Waals surface area contributed by atoms with Crippen LogP contribution in [0.15, 0.2) is 30.5 Å². The fraction of sp³-hybridized carbons (Fsp3) is 0.519. The Kier molecular flexibility index (Phi) is 7.74. The normalized spacial score (nSPS) is 16.6. The van der Waals surface area contributed by atoms with Crippen molar-refractivity contribution in [2.45, 2.75) is 65.3 Å². The lowest BCUT2D eigenvalue weighted by molar-refractivity contribution is 0.0163. The number of benzene rings is 1. The van der Waals surface area contributed by atoms with E-state index in [2.05, 4.69) is 16.0 Å². The van der Waals surface area contributed by atoms with Crippen molar-refractivity contribution in [3.63, 3.8) is 0 Å². The van der Waals surface area contributed by atoms with E-state index < -0.39 is 12.0 Å². The molecule has 1 saturated heterocycles. The number of rotatable bonds is 6. The molecule has 3 heterocycles. The van der Waals surface area contributed by atoms with Gasteiger partial charge in [0, 0.05) is 32.7 Å². The largest absolute Gasteiger partial charge is 0.491 e. The molecule has 2 aromatic rings. The van der Waals surface area contributed by atoms with E-state index in [1.165, 1.54) is 12.3 Å². The third-order valence-electron chi connectivity index (χ3n) is 6.44. The molecule has 1 amide bonds. The first kappa shape index (κ1) is 25.8. The minimum absolute atomic E-state index is 0.103. The van der Waals surface area contributed by atoms with Crippen molar-refractivity contribution >= 4 is 6.09 Å². The second-order valence-corrected chi connectivity index (χ2v) is 10.5. The van der Waals surface area contributed by atoms with E-state index in [1.54, 1.807) is 11.0 Å². The van der Waals surface area contributed by atoms with Crippen LogP contribution in [0, 0.1) is 17.2 Å². The molecule has 4 rings (SSSR count). The van der Waals surface area contributed by atoms with Gasteiger partial charge < -0.3 is 14.4 Å². The maximum Gasteiger partial charge on any atom is 0.410 e. The molecular formula is C27H32F2N4O3. The van der Waals surface area contributed by atoms with Gasteiger partial charge in [-0.1, -0.05) is 6.07 Å². The number of hydrogen-bond acceptors (Lipinski definition) is 6. The number of aromatic nitrogens is 1. The van der Waals surface area contributed by atoms with Crippen LogP contribution in [-0.2, 0) is 24.4 Å². The molecule has 0 atom stereocenters. The molecule has 1 aromatic carbocycles. The van der Waals surface area contributed by atoms with Crippen molar-refractivity contribution in [2.75, 3.05) is 19.7 Å². The first-order valence-electron chi connectivity index (χ1n) is 12.2. The second-order valence-electron chi connectivity index (χ2n) is 10.5. The summed E-state index contributed by atoms with van der Waals surface area (Å²) >= 11 is 0. The SMILES string of the molecule is CC(C)(C)OC(=O)N1CCC(COc2cnc(CN3Cc4ccc(C#N)cc4C3)cc2C(F)F)CC1. The number of halogens is 2. The van der Waals surface area contributed by atoms with Gasteiger partial charge in [-0.25, -0.2) is 13.6 Å². The van der Waals surface area contributed by atoms with E-state index in [0.29, 0.717) is 50.6 Å². The summed E-state index contributed by atoms with van der Waals surface area (Å²) in [6, 6.07) is 9.19. The Bertz CT molecular complexity index is 1130. The number of carbonyl (C=O) groups is 1. The Hall–Kier alpha value is -3.25. The molecule has 0 saturated carbocycles. The predicted molar refractivity (Wildman–Crippen MR) is 129 cm³/mol. The van der Waals surface area contributed by atoms with Gasteiger partial charge in [0.1, 0.15) is 11.4 Å². The minimum atomic E-state index is -2.68. The van der Waals surface area contributed by atoms with Crippen LogP contribution in [0.5, 0.6) is 5.75 Å². The van der Waals surface area contributed by atoms with Crippen molar-refractivity contribution in [2.24, 2.45) is 5.92 Å². The van der Waals surface area contributed by atoms with E-state index in [1.807, 2.05) is 32.9 Å². The second kappa shape index (κ2) is 10.8. The van der Waals surface area contributed by atoms with Crippen LogP contribution >= 0.6 is 0 Å². The Morgan fingerprint density at radius 2 is 1.92 bits per heavy atom. The van der Waals surface area contributed by atoms with Crippen molar-refractivity contribution in [3.8, 4) is 11.8 Å². The molecular weight excluding hydrogens is 466 g/mol. The predicted octanol–water partition coefficient (Wildman–Crippen LogP) is 5.43. The van der Waals surface area contributed by atoms with Crippen LogP contribution in [0.2, 0.25) is 0 Å². The van der Waals surface area contributed by atoms with Gasteiger partial charge in [-0.3, -0.25) is 9.88 Å². The highest BCUT2D eigenvalue weighted by Gasteiger charge is 2.28. The van der Waals surface area contributed by atoms with E-state index in [0.717, 1.165) is 24.0 Å². The van der Waals surface area contributed by atoms with Crippen LogP contribution in [0.1, 0.15) is 68.0 Å². The number of likely N-dealkylation sites (tertiary alicyclic amines) is 1. The van der Waals surface area contributed by atoms with E-state index >= 15 is 0 Å². The van der Waals surface area contributed by atoms with Gasteiger partial charge in [0.05, 0.1) is 35.7 Å². The Balaban J connectivity index is 1.31. The topological polar surface area (TPSA) is 78.7 Å². The summed E-state index contributed by atoms with van der Waals surface area (Å²) in [5.41, 5.74) is 2.69. The summed E-state index contributed by atoms with van der Waals surface area (Å²) in [6.07, 6.45) is -0.169. The Labute approximate surface area is 210 Å². The summed E-state index contributed by atoms with van der Waals surface area (Å²) in [7, 11) is 0. The van der Waals surface area contributed by atoms with Crippen LogP contribution in [0.3, 0.4) is 0 Å². The fourth-order valence-electron chi connectivity index (χ4n) is 4.57. The molecule has 36 heavy (non-hydrogen) atoms. The highest BCUT2D eigenvalue weighted by molar-refractivity contribution is 5.68. The summed E-state index contributed by atoms with van der Waals surface area (Å²) in [4.78, 5) is 20.4. The average molecular weight is 499 g/mol. The molecule has 192 valence electrons. The number of carbonyl (C=O) groups excluding carboxylic acids is 1. The maximum absolute atomic E-state index is 13.9. The molecule has 2 aliphatic heterocycles. The highest BCUT2D eigenvalue weighted by Crippen LogP contribution is 2.32. The number of ether oxygens (including phenoxy) is 2. The molecule has 0 unspecified atom stereocenters. The van der Waals surface area contributed by atoms with Crippen molar-refractivity contribution in [3.05, 3.63) is 58.4 Å². The number of pyridine rings is 1. The molecule has 0 radical (unpaired) electrons. The highest BCUT2D eigenvalue weighted by atomic mass is 19.3. The van der Waals surface area contributed by atoms with E-state index in [9.17, 15) is 13.6 Å². The van der Waals surface area contributed by atoms with E-state index in [4.69, 9.17) is 14.7 Å². The van der Waals surface area contributed by atoms with Crippen LogP contribution in [-0.4, -0.2) is 46.2 Å². The number of hydrogen-bond donors (Lipinski definition) is 0. The molecule has 1 aromatic heterocycles. The fourth-order valence-corrected chi connectivity index (χ4v) is 4.57. The van der Waals surface area contributed by atoms with Gasteiger partial charge in [-0.15, -0.1) is 0 Å². The minimum Gasteiger partial charge on any atom is -0.491 e. The first-order chi connectivity index (χ1) is 17.1. The Morgan fingerprint density at radius 1 is 1.19 bits per heavy atom. The number of alkyl halides is 2. The van der Waals surface area contributed by atoms with Gasteiger partial charge in [-0.05, 0) is 68.9 Å². The molecule has 0 aliphatic carbocycles. The molecule has 2 aliphatic rings. The lowest BCUT2D eigenvalue weighted by atomic mass is 9.98. The third kappa shape index (κ3) is 6.49. The first-order valence-corrected chi connectivity index (χ1v) is 12.2. The van der Waals surface area contributed by atoms with Gasteiger partial charge in [0.25, 0.3) is 6.43 Å². The van der Waals surface area contributed by atoms with Crippen molar-refractivity contribution in [1.82, 2.24) is 14.8 Å². The molecule has 0 spiro atoms. The molecule has 0 bridgehead atoms. The molecule has 1 fully saturated rings. The van der Waals surface area contributed by atoms with Gasteiger partial charge in [0.2, 0.25) is 0 Å². The van der Waals surface area contributed by atoms with Gasteiger partial charge in [0.15, 0.2) is 0 Å². The van der Waals surface area contributed by atoms with Crippen LogP contribution < -0.4 is 4.74 Å². The standard InChI is InChI=1S/C27H32F2N4O3/c1-27(2,3)36-26(34)33-8-6-18(7-9-33)17-35-24-13-31-22(11-23(24)25(28)29)16-32-14-20-5-4-19(12-30)10-21(20)15-32/h4-5,10-11,13,18,25H,6-9,14-17H2,1-3H3. The summed E-state index contributed by atoms with van der Waals surface area (Å²) in [5.74, 6) is 0.266. The number of fused-ring (bicyclic) bond motifs is 1. The molecule has 9 heteroatoms. The molecule has 7 nitrogen and oxygen atoms in total. The summed E-state index contributed by atoms with van der Waals surface area (Å²) in [6.45, 7) is 8.67. The quantitative estimate of drug-likeness (QED) is 0.528. The third-order valence-corrected chi connectivity index (χ3v) is 6.44. The lowest BCUT2D eigenvalue weighted by Crippen LogP contribution is -2.42. The smallest absolute Gasteiger partial charge is 0.410 e. The van der Waals surface area contributed by atoms with Gasteiger partial charge >= 0.3 is 6.09 Å². The number of piperidine rings is 1. The summed E-state index contributed by atoms with van der Waals surface area (Å²) < 4.78 is 38.9. The average Bonchev–Trinajstić information content (AvgIpc) is 3.23. The number of nitrogens with zero attached hydrogens (tertiary/aromatic N) is 4. The van der Waals surface area contributed by atoms with Crippen LogP contribution in [0.4, 0.5) is 13.6 Å². The zero-order valence-electron chi connectivity index (χ0n) is 21.0. The van der Waals surface area contributed by atoms with Crippen molar-refractivity contribution in [1.29, 1.82) is 5.26 Å². The maximum atomic E-state index is 13.9. The zero-order valence-corrected chi connectivity index (χ0v) is 21.0. The Morgan fingerprint density at radius 3 is 2.58 bits per heavy atom. The molecule has 0 N–H and O–H groups in total. The van der Waals surface area contributed by atoms with E-state index in [-0.39, 0.29) is 23.3 Å². The van der Waals surface area contributed by atoms with Crippen molar-refractivity contribution < 1.29 is 23.0 Å². The van der Waals surface area contributed by atoms with Gasteiger partial charge in [-0.2, -0.15) is 5.26 Å². The zero-order chi connectivity index (χ0) is 25.9.